The SMILES string of the molecule is COc1cccc(OC)c1[C@@H](O)C1S(=O)CCCS1=O. The number of aliphatic hydroxyl groups is 1. The predicted molar refractivity (Wildman–Crippen MR) is 78.9 cm³/mol. The second-order valence-corrected chi connectivity index (χ2v) is 8.07. The lowest BCUT2D eigenvalue weighted by molar-refractivity contribution is 0.183. The van der Waals surface area contributed by atoms with Crippen LogP contribution in [-0.4, -0.2) is 43.8 Å². The Morgan fingerprint density at radius 1 is 1.15 bits per heavy atom. The third-order valence-electron chi connectivity index (χ3n) is 3.23. The monoisotopic (exact) mass is 318 g/mol. The molecule has 1 aliphatic rings. The first-order chi connectivity index (χ1) is 9.60. The Balaban J connectivity index is 2.44. The van der Waals surface area contributed by atoms with Crippen molar-refractivity contribution in [1.29, 1.82) is 0 Å². The number of hydrogen-bond donors (Lipinski definition) is 1. The lowest BCUT2D eigenvalue weighted by atomic mass is 10.1. The fourth-order valence-electron chi connectivity index (χ4n) is 2.29. The zero-order valence-electron chi connectivity index (χ0n) is 11.4. The second-order valence-electron chi connectivity index (χ2n) is 4.41. The highest BCUT2D eigenvalue weighted by Gasteiger charge is 2.37. The molecular formula is C13H18O5S2. The van der Waals surface area contributed by atoms with Gasteiger partial charge in [0.25, 0.3) is 0 Å². The van der Waals surface area contributed by atoms with Gasteiger partial charge in [-0.2, -0.15) is 0 Å². The Labute approximate surface area is 123 Å². The zero-order chi connectivity index (χ0) is 14.7. The Hall–Kier alpha value is -0.920. The topological polar surface area (TPSA) is 72.8 Å². The van der Waals surface area contributed by atoms with Gasteiger partial charge in [-0.25, -0.2) is 0 Å². The normalized spacial score (nSPS) is 27.9. The molecule has 0 saturated carbocycles. The molecule has 1 heterocycles. The van der Waals surface area contributed by atoms with Crippen LogP contribution in [0.1, 0.15) is 18.1 Å². The van der Waals surface area contributed by atoms with Crippen molar-refractivity contribution in [3.05, 3.63) is 23.8 Å². The van der Waals surface area contributed by atoms with Crippen LogP contribution < -0.4 is 9.47 Å². The number of aliphatic hydroxyl groups excluding tert-OH is 1. The van der Waals surface area contributed by atoms with E-state index < -0.39 is 32.3 Å². The first-order valence-corrected chi connectivity index (χ1v) is 9.00. The van der Waals surface area contributed by atoms with Crippen molar-refractivity contribution in [2.24, 2.45) is 0 Å². The molecule has 0 bridgehead atoms. The molecule has 1 fully saturated rings. The van der Waals surface area contributed by atoms with Gasteiger partial charge in [-0.15, -0.1) is 0 Å². The smallest absolute Gasteiger partial charge is 0.140 e. The van der Waals surface area contributed by atoms with E-state index in [2.05, 4.69) is 0 Å². The third kappa shape index (κ3) is 2.89. The highest BCUT2D eigenvalue weighted by molar-refractivity contribution is 8.03. The van der Waals surface area contributed by atoms with Crippen LogP contribution in [0.4, 0.5) is 0 Å². The van der Waals surface area contributed by atoms with Crippen molar-refractivity contribution in [2.45, 2.75) is 17.1 Å². The van der Waals surface area contributed by atoms with Crippen molar-refractivity contribution in [3.63, 3.8) is 0 Å². The van der Waals surface area contributed by atoms with Crippen molar-refractivity contribution >= 4 is 21.6 Å². The summed E-state index contributed by atoms with van der Waals surface area (Å²) in [6.07, 6.45) is -0.478. The summed E-state index contributed by atoms with van der Waals surface area (Å²) in [7, 11) is 0.331. The highest BCUT2D eigenvalue weighted by atomic mass is 32.2. The van der Waals surface area contributed by atoms with Crippen LogP contribution in [0.15, 0.2) is 18.2 Å². The molecule has 1 aromatic carbocycles. The first kappa shape index (κ1) is 15.5. The van der Waals surface area contributed by atoms with E-state index in [1.54, 1.807) is 18.2 Å². The summed E-state index contributed by atoms with van der Waals surface area (Å²) in [4.78, 5) is 0. The van der Waals surface area contributed by atoms with Gasteiger partial charge in [0, 0.05) is 33.1 Å². The molecule has 0 radical (unpaired) electrons. The minimum Gasteiger partial charge on any atom is -0.496 e. The number of rotatable bonds is 4. The molecule has 7 heteroatoms. The number of hydrogen-bond acceptors (Lipinski definition) is 5. The van der Waals surface area contributed by atoms with Gasteiger partial charge in [-0.1, -0.05) is 6.07 Å². The van der Waals surface area contributed by atoms with E-state index in [-0.39, 0.29) is 0 Å². The van der Waals surface area contributed by atoms with Crippen LogP contribution in [0.5, 0.6) is 11.5 Å². The molecule has 20 heavy (non-hydrogen) atoms. The predicted octanol–water partition coefficient (Wildman–Crippen LogP) is 0.964. The minimum atomic E-state index is -1.32. The molecular weight excluding hydrogens is 300 g/mol. The molecule has 1 aromatic rings. The van der Waals surface area contributed by atoms with E-state index >= 15 is 0 Å². The van der Waals surface area contributed by atoms with E-state index in [0.717, 1.165) is 0 Å². The molecule has 1 N–H and O–H groups in total. The van der Waals surface area contributed by atoms with Gasteiger partial charge in [0.1, 0.15) is 22.2 Å². The maximum Gasteiger partial charge on any atom is 0.140 e. The second kappa shape index (κ2) is 6.69. The standard InChI is InChI=1S/C13H18O5S2/c1-17-9-5-3-6-10(18-2)11(9)12(14)13-19(15)7-4-8-20(13)16/h3,5-6,12-14H,4,7-8H2,1-2H3/t12-,13?,19?,20?/m1/s1. The largest absolute Gasteiger partial charge is 0.496 e. The van der Waals surface area contributed by atoms with E-state index in [1.807, 2.05) is 0 Å². The van der Waals surface area contributed by atoms with Gasteiger partial charge in [0.2, 0.25) is 0 Å². The van der Waals surface area contributed by atoms with Gasteiger partial charge in [0.15, 0.2) is 0 Å². The lowest BCUT2D eigenvalue weighted by Gasteiger charge is -2.27. The average Bonchev–Trinajstić information content (AvgIpc) is 2.45. The average molecular weight is 318 g/mol. The summed E-state index contributed by atoms with van der Waals surface area (Å²) in [6, 6.07) is 5.12. The zero-order valence-corrected chi connectivity index (χ0v) is 13.0. The van der Waals surface area contributed by atoms with Crippen LogP contribution >= 0.6 is 0 Å². The van der Waals surface area contributed by atoms with E-state index in [1.165, 1.54) is 14.2 Å². The molecule has 2 rings (SSSR count). The molecule has 0 spiro atoms. The summed E-state index contributed by atoms with van der Waals surface area (Å²) < 4.78 is 33.9. The van der Waals surface area contributed by atoms with Gasteiger partial charge < -0.3 is 14.6 Å². The molecule has 112 valence electrons. The molecule has 2 unspecified atom stereocenters. The maximum atomic E-state index is 12.1. The van der Waals surface area contributed by atoms with Gasteiger partial charge in [0.05, 0.1) is 19.8 Å². The molecule has 1 saturated heterocycles. The third-order valence-corrected chi connectivity index (χ3v) is 7.45. The molecule has 1 aliphatic heterocycles. The van der Waals surface area contributed by atoms with E-state index in [0.29, 0.717) is 35.0 Å². The van der Waals surface area contributed by atoms with Gasteiger partial charge >= 0.3 is 0 Å². The number of methoxy groups -OCH3 is 2. The van der Waals surface area contributed by atoms with Crippen molar-refractivity contribution in [3.8, 4) is 11.5 Å². The van der Waals surface area contributed by atoms with Crippen LogP contribution in [0.25, 0.3) is 0 Å². The summed E-state index contributed by atoms with van der Waals surface area (Å²) in [5.74, 6) is 1.81. The molecule has 5 nitrogen and oxygen atoms in total. The Morgan fingerprint density at radius 2 is 1.65 bits per heavy atom. The molecule has 0 aromatic heterocycles. The minimum absolute atomic E-state index is 0.408. The summed E-state index contributed by atoms with van der Waals surface area (Å²) in [6.45, 7) is 0. The highest BCUT2D eigenvalue weighted by Crippen LogP contribution is 2.38. The van der Waals surface area contributed by atoms with Crippen LogP contribution in [-0.2, 0) is 21.6 Å². The number of ether oxygens (including phenoxy) is 2. The fraction of sp³-hybridized carbons (Fsp3) is 0.538. The fourth-order valence-corrected chi connectivity index (χ4v) is 6.18. The first-order valence-electron chi connectivity index (χ1n) is 6.23. The lowest BCUT2D eigenvalue weighted by Crippen LogP contribution is -2.36. The van der Waals surface area contributed by atoms with Crippen LogP contribution in [0.3, 0.4) is 0 Å². The van der Waals surface area contributed by atoms with Gasteiger partial charge in [-0.05, 0) is 18.6 Å². The van der Waals surface area contributed by atoms with E-state index in [4.69, 9.17) is 9.47 Å². The summed E-state index contributed by atoms with van der Waals surface area (Å²) in [5, 5.41) is 10.6. The number of benzene rings is 1. The van der Waals surface area contributed by atoms with Crippen molar-refractivity contribution in [2.75, 3.05) is 25.7 Å². The van der Waals surface area contributed by atoms with Crippen molar-refractivity contribution in [1.82, 2.24) is 0 Å². The van der Waals surface area contributed by atoms with Crippen LogP contribution in [0, 0.1) is 0 Å². The Bertz CT molecular complexity index is 493. The van der Waals surface area contributed by atoms with E-state index in [9.17, 15) is 13.5 Å². The Kier molecular flexibility index (Phi) is 5.17. The summed E-state index contributed by atoms with van der Waals surface area (Å²) >= 11 is 0. The van der Waals surface area contributed by atoms with Crippen molar-refractivity contribution < 1.29 is 23.0 Å². The maximum absolute atomic E-state index is 12.1. The Morgan fingerprint density at radius 3 is 2.10 bits per heavy atom. The molecule has 0 amide bonds. The van der Waals surface area contributed by atoms with Gasteiger partial charge in [-0.3, -0.25) is 8.42 Å². The van der Waals surface area contributed by atoms with Crippen LogP contribution in [0.2, 0.25) is 0 Å². The summed E-state index contributed by atoms with van der Waals surface area (Å²) in [5.41, 5.74) is 0.408. The molecule has 0 aliphatic carbocycles. The quantitative estimate of drug-likeness (QED) is 0.895. The molecule has 3 atom stereocenters.